The Balaban J connectivity index is 1.27. The fourth-order valence-electron chi connectivity index (χ4n) is 4.59. The second-order valence-electron chi connectivity index (χ2n) is 8.46. The minimum Gasteiger partial charge on any atom is -0.376 e. The van der Waals surface area contributed by atoms with Crippen LogP contribution >= 0.6 is 0 Å². The summed E-state index contributed by atoms with van der Waals surface area (Å²) in [5, 5.41) is 8.71. The van der Waals surface area contributed by atoms with Gasteiger partial charge in [0.15, 0.2) is 0 Å². The highest BCUT2D eigenvalue weighted by atomic mass is 16.6. The van der Waals surface area contributed by atoms with Crippen LogP contribution in [0.4, 0.5) is 0 Å². The number of carbonyl (C=O) groups excluding carboxylic acids is 4. The molecule has 0 bridgehead atoms. The summed E-state index contributed by atoms with van der Waals surface area (Å²) < 4.78 is 11.8. The Kier molecular flexibility index (Phi) is 5.09. The molecule has 0 aliphatic carbocycles. The second-order valence-corrected chi connectivity index (χ2v) is 8.46. The number of rotatable bonds is 5. The third-order valence-electron chi connectivity index (χ3n) is 6.22. The summed E-state index contributed by atoms with van der Waals surface area (Å²) in [7, 11) is 0. The summed E-state index contributed by atoms with van der Waals surface area (Å²) in [6.45, 7) is 3.57. The largest absolute Gasteiger partial charge is 0.376 e. The molecular formula is C21H24N4O6. The maximum absolute atomic E-state index is 13.1. The first-order valence-corrected chi connectivity index (χ1v) is 10.5. The lowest BCUT2D eigenvalue weighted by atomic mass is 9.96. The van der Waals surface area contributed by atoms with E-state index in [1.54, 1.807) is 18.2 Å². The molecule has 10 nitrogen and oxygen atoms in total. The van der Waals surface area contributed by atoms with E-state index in [2.05, 4.69) is 16.0 Å². The number of carbonyl (C=O) groups is 4. The number of amides is 4. The molecule has 4 aliphatic rings. The van der Waals surface area contributed by atoms with Gasteiger partial charge in [0.1, 0.15) is 11.6 Å². The lowest BCUT2D eigenvalue weighted by Gasteiger charge is -2.47. The SMILES string of the molecule is O=C1CCC(N2C(=O)c3cccc(CNCC4COCC5(CNC5)O4)c3C2=O)C(=O)N1. The van der Waals surface area contributed by atoms with Crippen LogP contribution in [0.5, 0.6) is 0 Å². The van der Waals surface area contributed by atoms with Crippen molar-refractivity contribution in [2.45, 2.75) is 37.1 Å². The van der Waals surface area contributed by atoms with Gasteiger partial charge in [0.2, 0.25) is 11.8 Å². The van der Waals surface area contributed by atoms with Crippen LogP contribution in [0.15, 0.2) is 18.2 Å². The van der Waals surface area contributed by atoms with E-state index in [-0.39, 0.29) is 30.1 Å². The summed E-state index contributed by atoms with van der Waals surface area (Å²) in [4.78, 5) is 50.7. The molecule has 1 aromatic rings. The predicted octanol–water partition coefficient (Wildman–Crippen LogP) is -1.07. The molecule has 1 spiro atoms. The number of hydrogen-bond acceptors (Lipinski definition) is 8. The predicted molar refractivity (Wildman–Crippen MR) is 106 cm³/mol. The van der Waals surface area contributed by atoms with E-state index in [0.29, 0.717) is 37.4 Å². The van der Waals surface area contributed by atoms with Crippen molar-refractivity contribution in [1.82, 2.24) is 20.9 Å². The normalized spacial score (nSPS) is 27.3. The van der Waals surface area contributed by atoms with E-state index < -0.39 is 29.7 Å². The number of nitrogens with one attached hydrogen (secondary N) is 3. The molecule has 3 N–H and O–H groups in total. The van der Waals surface area contributed by atoms with Crippen molar-refractivity contribution in [1.29, 1.82) is 0 Å². The van der Waals surface area contributed by atoms with E-state index >= 15 is 0 Å². The van der Waals surface area contributed by atoms with Crippen LogP contribution in [-0.2, 0) is 25.6 Å². The Bertz CT molecular complexity index is 959. The summed E-state index contributed by atoms with van der Waals surface area (Å²) in [6.07, 6.45) is 0.141. The lowest BCUT2D eigenvalue weighted by Crippen LogP contribution is -2.67. The number of imide groups is 2. The molecule has 5 rings (SSSR count). The first kappa shape index (κ1) is 20.3. The first-order chi connectivity index (χ1) is 15.0. The second kappa shape index (κ2) is 7.79. The van der Waals surface area contributed by atoms with E-state index in [1.165, 1.54) is 0 Å². The van der Waals surface area contributed by atoms with Gasteiger partial charge >= 0.3 is 0 Å². The zero-order valence-electron chi connectivity index (χ0n) is 16.9. The van der Waals surface area contributed by atoms with Gasteiger partial charge in [-0.3, -0.25) is 29.4 Å². The first-order valence-electron chi connectivity index (χ1n) is 10.5. The van der Waals surface area contributed by atoms with Gasteiger partial charge in [0.05, 0.1) is 30.4 Å². The molecule has 4 aliphatic heterocycles. The molecule has 4 heterocycles. The van der Waals surface area contributed by atoms with Gasteiger partial charge in [-0.25, -0.2) is 0 Å². The van der Waals surface area contributed by atoms with E-state index in [0.717, 1.165) is 18.0 Å². The smallest absolute Gasteiger partial charge is 0.262 e. The maximum Gasteiger partial charge on any atom is 0.262 e. The third kappa shape index (κ3) is 3.55. The average Bonchev–Trinajstić information content (AvgIpc) is 2.98. The van der Waals surface area contributed by atoms with Crippen molar-refractivity contribution < 1.29 is 28.7 Å². The monoisotopic (exact) mass is 428 g/mol. The number of ether oxygens (including phenoxy) is 2. The van der Waals surface area contributed by atoms with Gasteiger partial charge in [-0.15, -0.1) is 0 Å². The van der Waals surface area contributed by atoms with E-state index in [9.17, 15) is 19.2 Å². The fourth-order valence-corrected chi connectivity index (χ4v) is 4.59. The van der Waals surface area contributed by atoms with Crippen molar-refractivity contribution >= 4 is 23.6 Å². The average molecular weight is 428 g/mol. The van der Waals surface area contributed by atoms with Crippen LogP contribution in [0.2, 0.25) is 0 Å². The Morgan fingerprint density at radius 1 is 1.16 bits per heavy atom. The summed E-state index contributed by atoms with van der Waals surface area (Å²) >= 11 is 0. The van der Waals surface area contributed by atoms with Crippen LogP contribution in [0.3, 0.4) is 0 Å². The highest BCUT2D eigenvalue weighted by Gasteiger charge is 2.46. The highest BCUT2D eigenvalue weighted by Crippen LogP contribution is 2.30. The van der Waals surface area contributed by atoms with Gasteiger partial charge in [-0.05, 0) is 18.1 Å². The van der Waals surface area contributed by atoms with Crippen molar-refractivity contribution in [2.75, 3.05) is 32.8 Å². The molecule has 4 amide bonds. The zero-order chi connectivity index (χ0) is 21.6. The molecule has 0 radical (unpaired) electrons. The molecular weight excluding hydrogens is 404 g/mol. The molecule has 0 aromatic heterocycles. The molecule has 1 aromatic carbocycles. The van der Waals surface area contributed by atoms with Crippen molar-refractivity contribution in [3.05, 3.63) is 34.9 Å². The molecule has 164 valence electrons. The van der Waals surface area contributed by atoms with Crippen LogP contribution in [0, 0.1) is 0 Å². The van der Waals surface area contributed by atoms with E-state index in [1.807, 2.05) is 0 Å². The zero-order valence-corrected chi connectivity index (χ0v) is 16.9. The van der Waals surface area contributed by atoms with Crippen molar-refractivity contribution in [3.8, 4) is 0 Å². The van der Waals surface area contributed by atoms with Crippen LogP contribution in [0.1, 0.15) is 39.1 Å². The lowest BCUT2D eigenvalue weighted by molar-refractivity contribution is -0.214. The van der Waals surface area contributed by atoms with Gasteiger partial charge in [-0.1, -0.05) is 12.1 Å². The number of hydrogen-bond donors (Lipinski definition) is 3. The molecule has 2 unspecified atom stereocenters. The van der Waals surface area contributed by atoms with Crippen molar-refractivity contribution in [2.24, 2.45) is 0 Å². The number of fused-ring (bicyclic) bond motifs is 1. The fraction of sp³-hybridized carbons (Fsp3) is 0.524. The Morgan fingerprint density at radius 3 is 2.74 bits per heavy atom. The number of nitrogens with zero attached hydrogens (tertiary/aromatic N) is 1. The molecule has 31 heavy (non-hydrogen) atoms. The van der Waals surface area contributed by atoms with Crippen molar-refractivity contribution in [3.63, 3.8) is 0 Å². The van der Waals surface area contributed by atoms with Gasteiger partial charge in [0.25, 0.3) is 11.8 Å². The van der Waals surface area contributed by atoms with Gasteiger partial charge in [-0.2, -0.15) is 0 Å². The third-order valence-corrected chi connectivity index (χ3v) is 6.22. The summed E-state index contributed by atoms with van der Waals surface area (Å²) in [5.74, 6) is -2.00. The molecule has 0 saturated carbocycles. The van der Waals surface area contributed by atoms with E-state index in [4.69, 9.17) is 9.47 Å². The minimum absolute atomic E-state index is 0.0927. The number of benzene rings is 1. The molecule has 3 fully saturated rings. The summed E-state index contributed by atoms with van der Waals surface area (Å²) in [5.41, 5.74) is 1.04. The molecule has 2 atom stereocenters. The molecule has 3 saturated heterocycles. The number of piperidine rings is 1. The Hall–Kier alpha value is -2.66. The standard InChI is InChI=1S/C21H24N4O6/c26-16-5-4-15(18(27)24-16)25-19(28)14-3-1-2-12(17(14)20(25)29)6-22-7-13-8-30-11-21(31-13)9-23-10-21/h1-3,13,15,22-23H,4-11H2,(H,24,26,27). The summed E-state index contributed by atoms with van der Waals surface area (Å²) in [6, 6.07) is 4.15. The molecule has 10 heteroatoms. The Morgan fingerprint density at radius 2 is 2.00 bits per heavy atom. The van der Waals surface area contributed by atoms with Gasteiger partial charge < -0.3 is 20.1 Å². The van der Waals surface area contributed by atoms with Crippen LogP contribution < -0.4 is 16.0 Å². The Labute approximate surface area is 178 Å². The minimum atomic E-state index is -0.967. The maximum atomic E-state index is 13.1. The quantitative estimate of drug-likeness (QED) is 0.507. The highest BCUT2D eigenvalue weighted by molar-refractivity contribution is 6.24. The van der Waals surface area contributed by atoms with Crippen LogP contribution in [0.25, 0.3) is 0 Å². The van der Waals surface area contributed by atoms with Crippen LogP contribution in [-0.4, -0.2) is 79.1 Å². The topological polar surface area (TPSA) is 126 Å². The van der Waals surface area contributed by atoms with Gasteiger partial charge in [0, 0.05) is 32.6 Å².